The number of fused-ring (bicyclic) bond motifs is 2. The van der Waals surface area contributed by atoms with E-state index in [-0.39, 0.29) is 17.9 Å². The molecule has 3 N–H and O–H groups in total. The van der Waals surface area contributed by atoms with Gasteiger partial charge in [0.15, 0.2) is 0 Å². The lowest BCUT2D eigenvalue weighted by Gasteiger charge is -2.26. The molecule has 2 aliphatic carbocycles. The van der Waals surface area contributed by atoms with Crippen molar-refractivity contribution < 1.29 is 4.79 Å². The fourth-order valence-electron chi connectivity index (χ4n) is 3.51. The summed E-state index contributed by atoms with van der Waals surface area (Å²) in [5, 5.41) is 6.06. The van der Waals surface area contributed by atoms with Gasteiger partial charge in [-0.2, -0.15) is 0 Å². The van der Waals surface area contributed by atoms with Crippen LogP contribution in [0.2, 0.25) is 0 Å². The van der Waals surface area contributed by atoms with Gasteiger partial charge in [0, 0.05) is 30.6 Å². The van der Waals surface area contributed by atoms with Crippen LogP contribution in [0.1, 0.15) is 24.3 Å². The van der Waals surface area contributed by atoms with Gasteiger partial charge in [-0.25, -0.2) is 4.98 Å². The minimum absolute atomic E-state index is 0.0556. The van der Waals surface area contributed by atoms with E-state index in [2.05, 4.69) is 10.3 Å². The van der Waals surface area contributed by atoms with E-state index in [4.69, 9.17) is 5.73 Å². The standard InChI is InChI=1S/C13H19N3OS/c14-12-9-2-1-8(7-9)11(12)13(17)16-4-3-10-15-5-6-18-10/h5-6,8-9,11-12H,1-4,7,14H2,(H,16,17). The normalized spacial score (nSPS) is 33.8. The number of amides is 1. The van der Waals surface area contributed by atoms with Crippen LogP contribution in [0.25, 0.3) is 0 Å². The summed E-state index contributed by atoms with van der Waals surface area (Å²) in [5.41, 5.74) is 6.16. The number of nitrogens with zero attached hydrogens (tertiary/aromatic N) is 1. The van der Waals surface area contributed by atoms with E-state index in [1.807, 2.05) is 5.38 Å². The summed E-state index contributed by atoms with van der Waals surface area (Å²) in [7, 11) is 0. The van der Waals surface area contributed by atoms with Crippen molar-refractivity contribution in [1.29, 1.82) is 0 Å². The van der Waals surface area contributed by atoms with E-state index in [1.54, 1.807) is 17.5 Å². The topological polar surface area (TPSA) is 68.0 Å². The van der Waals surface area contributed by atoms with E-state index >= 15 is 0 Å². The molecule has 18 heavy (non-hydrogen) atoms. The predicted octanol–water partition coefficient (Wildman–Crippen LogP) is 1.18. The van der Waals surface area contributed by atoms with Crippen LogP contribution >= 0.6 is 11.3 Å². The lowest BCUT2D eigenvalue weighted by Crippen LogP contribution is -2.45. The molecule has 2 aliphatic rings. The van der Waals surface area contributed by atoms with E-state index in [0.29, 0.717) is 18.4 Å². The van der Waals surface area contributed by atoms with Crippen molar-refractivity contribution in [2.45, 2.75) is 31.7 Å². The first-order chi connectivity index (χ1) is 8.75. The molecule has 3 rings (SSSR count). The summed E-state index contributed by atoms with van der Waals surface area (Å²) >= 11 is 1.63. The molecule has 5 heteroatoms. The molecule has 1 aromatic rings. The van der Waals surface area contributed by atoms with Gasteiger partial charge < -0.3 is 11.1 Å². The molecule has 98 valence electrons. The summed E-state index contributed by atoms with van der Waals surface area (Å²) in [6, 6.07) is 0.0867. The molecular weight excluding hydrogens is 246 g/mol. The Morgan fingerprint density at radius 2 is 2.33 bits per heavy atom. The zero-order chi connectivity index (χ0) is 12.5. The lowest BCUT2D eigenvalue weighted by molar-refractivity contribution is -0.127. The van der Waals surface area contributed by atoms with Crippen LogP contribution in [0.4, 0.5) is 0 Å². The Bertz CT molecular complexity index is 418. The molecule has 0 radical (unpaired) electrons. The number of hydrogen-bond donors (Lipinski definition) is 2. The third-order valence-corrected chi connectivity index (χ3v) is 5.24. The quantitative estimate of drug-likeness (QED) is 0.859. The molecule has 2 fully saturated rings. The molecule has 1 heterocycles. The van der Waals surface area contributed by atoms with Crippen LogP contribution in [0.3, 0.4) is 0 Å². The van der Waals surface area contributed by atoms with Gasteiger partial charge in [0.1, 0.15) is 0 Å². The number of nitrogens with one attached hydrogen (secondary N) is 1. The first-order valence-corrected chi connectivity index (χ1v) is 7.55. The van der Waals surface area contributed by atoms with Gasteiger partial charge >= 0.3 is 0 Å². The van der Waals surface area contributed by atoms with Crippen LogP contribution in [0.5, 0.6) is 0 Å². The first kappa shape index (κ1) is 12.1. The Balaban J connectivity index is 1.50. The van der Waals surface area contributed by atoms with Gasteiger partial charge in [0.25, 0.3) is 0 Å². The summed E-state index contributed by atoms with van der Waals surface area (Å²) in [5.74, 6) is 1.33. The highest BCUT2D eigenvalue weighted by Crippen LogP contribution is 2.47. The smallest absolute Gasteiger partial charge is 0.224 e. The van der Waals surface area contributed by atoms with E-state index < -0.39 is 0 Å². The van der Waals surface area contributed by atoms with Gasteiger partial charge in [0.2, 0.25) is 5.91 Å². The maximum Gasteiger partial charge on any atom is 0.224 e. The molecule has 2 bridgehead atoms. The predicted molar refractivity (Wildman–Crippen MR) is 71.1 cm³/mol. The summed E-state index contributed by atoms with van der Waals surface area (Å²) in [6.07, 6.45) is 6.18. The fraction of sp³-hybridized carbons (Fsp3) is 0.692. The average Bonchev–Trinajstić information content (AvgIpc) is 3.03. The zero-order valence-electron chi connectivity index (χ0n) is 10.3. The first-order valence-electron chi connectivity index (χ1n) is 6.67. The monoisotopic (exact) mass is 265 g/mol. The van der Waals surface area contributed by atoms with Gasteiger partial charge in [-0.15, -0.1) is 11.3 Å². The Hall–Kier alpha value is -0.940. The molecule has 2 saturated carbocycles. The van der Waals surface area contributed by atoms with Crippen LogP contribution in [0.15, 0.2) is 11.6 Å². The molecule has 4 unspecified atom stereocenters. The molecule has 4 nitrogen and oxygen atoms in total. The fourth-order valence-corrected chi connectivity index (χ4v) is 4.13. The van der Waals surface area contributed by atoms with Gasteiger partial charge in [0.05, 0.1) is 10.9 Å². The number of carbonyl (C=O) groups excluding carboxylic acids is 1. The highest BCUT2D eigenvalue weighted by Gasteiger charge is 2.48. The van der Waals surface area contributed by atoms with Crippen molar-refractivity contribution in [1.82, 2.24) is 10.3 Å². The number of hydrogen-bond acceptors (Lipinski definition) is 4. The van der Waals surface area contributed by atoms with E-state index in [1.165, 1.54) is 12.8 Å². The minimum Gasteiger partial charge on any atom is -0.355 e. The van der Waals surface area contributed by atoms with E-state index in [0.717, 1.165) is 17.8 Å². The highest BCUT2D eigenvalue weighted by atomic mass is 32.1. The number of nitrogens with two attached hydrogens (primary N) is 1. The Morgan fingerprint density at radius 3 is 3.00 bits per heavy atom. The summed E-state index contributed by atoms with van der Waals surface area (Å²) < 4.78 is 0. The van der Waals surface area contributed by atoms with Crippen LogP contribution < -0.4 is 11.1 Å². The van der Waals surface area contributed by atoms with E-state index in [9.17, 15) is 4.79 Å². The second-order valence-corrected chi connectivity index (χ2v) is 6.38. The number of carbonyl (C=O) groups is 1. The van der Waals surface area contributed by atoms with Crippen molar-refractivity contribution in [2.24, 2.45) is 23.5 Å². The Morgan fingerprint density at radius 1 is 1.50 bits per heavy atom. The maximum atomic E-state index is 12.2. The molecule has 0 spiro atoms. The number of aromatic nitrogens is 1. The molecule has 0 aliphatic heterocycles. The molecule has 0 aromatic carbocycles. The third kappa shape index (κ3) is 2.17. The van der Waals surface area contributed by atoms with Crippen LogP contribution in [-0.2, 0) is 11.2 Å². The van der Waals surface area contributed by atoms with Crippen molar-refractivity contribution in [3.8, 4) is 0 Å². The highest BCUT2D eigenvalue weighted by molar-refractivity contribution is 7.09. The van der Waals surface area contributed by atoms with Crippen molar-refractivity contribution >= 4 is 17.2 Å². The van der Waals surface area contributed by atoms with Gasteiger partial charge in [-0.3, -0.25) is 4.79 Å². The summed E-state index contributed by atoms with van der Waals surface area (Å²) in [4.78, 5) is 16.4. The van der Waals surface area contributed by atoms with Crippen molar-refractivity contribution in [3.63, 3.8) is 0 Å². The number of rotatable bonds is 4. The average molecular weight is 265 g/mol. The maximum absolute atomic E-state index is 12.2. The second kappa shape index (κ2) is 4.97. The second-order valence-electron chi connectivity index (χ2n) is 5.40. The summed E-state index contributed by atoms with van der Waals surface area (Å²) in [6.45, 7) is 0.674. The molecule has 0 saturated heterocycles. The zero-order valence-corrected chi connectivity index (χ0v) is 11.2. The van der Waals surface area contributed by atoms with Crippen molar-refractivity contribution in [2.75, 3.05) is 6.54 Å². The number of thiazole rings is 1. The molecule has 4 atom stereocenters. The molecule has 1 amide bonds. The van der Waals surface area contributed by atoms with Crippen LogP contribution in [-0.4, -0.2) is 23.5 Å². The molecular formula is C13H19N3OS. The van der Waals surface area contributed by atoms with Crippen molar-refractivity contribution in [3.05, 3.63) is 16.6 Å². The Kier molecular flexibility index (Phi) is 3.35. The largest absolute Gasteiger partial charge is 0.355 e. The Labute approximate surface area is 111 Å². The minimum atomic E-state index is 0.0556. The molecule has 1 aromatic heterocycles. The van der Waals surface area contributed by atoms with Gasteiger partial charge in [-0.05, 0) is 31.1 Å². The van der Waals surface area contributed by atoms with Crippen LogP contribution in [0, 0.1) is 17.8 Å². The SMILES string of the molecule is NC1C2CCC(C2)C1C(=O)NCCc1nccs1. The van der Waals surface area contributed by atoms with Gasteiger partial charge in [-0.1, -0.05) is 0 Å². The third-order valence-electron chi connectivity index (χ3n) is 4.40. The lowest BCUT2D eigenvalue weighted by atomic mass is 9.84.